The molecule has 2 rings (SSSR count). The Bertz CT molecular complexity index is 494. The Kier molecular flexibility index (Phi) is 4.24. The minimum atomic E-state index is 0.333. The largest absolute Gasteiger partial charge is 0.508 e. The maximum atomic E-state index is 9.58. The summed E-state index contributed by atoms with van der Waals surface area (Å²) < 4.78 is 0. The smallest absolute Gasteiger partial charge is 0.116 e. The van der Waals surface area contributed by atoms with Crippen LogP contribution in [-0.4, -0.2) is 5.11 Å². The molecular weight excluding hydrogens is 222 g/mol. The van der Waals surface area contributed by atoms with E-state index in [0.717, 1.165) is 30.6 Å². The summed E-state index contributed by atoms with van der Waals surface area (Å²) in [5.41, 5.74) is 3.31. The zero-order chi connectivity index (χ0) is 12.8. The van der Waals surface area contributed by atoms with Crippen LogP contribution in [0.15, 0.2) is 48.5 Å². The minimum Gasteiger partial charge on any atom is -0.508 e. The van der Waals surface area contributed by atoms with Crippen molar-refractivity contribution in [3.8, 4) is 5.75 Å². The van der Waals surface area contributed by atoms with Gasteiger partial charge in [0.1, 0.15) is 5.75 Å². The Balaban J connectivity index is 2.21. The first-order valence-electron chi connectivity index (χ1n) is 6.43. The predicted molar refractivity (Wildman–Crippen MR) is 76.4 cm³/mol. The van der Waals surface area contributed by atoms with E-state index in [0.29, 0.717) is 5.75 Å². The van der Waals surface area contributed by atoms with E-state index in [1.54, 1.807) is 6.07 Å². The van der Waals surface area contributed by atoms with Crippen LogP contribution in [0, 0.1) is 0 Å². The van der Waals surface area contributed by atoms with Crippen molar-refractivity contribution in [1.29, 1.82) is 0 Å². The van der Waals surface area contributed by atoms with Crippen molar-refractivity contribution in [2.24, 2.45) is 0 Å². The molecule has 2 aromatic rings. The van der Waals surface area contributed by atoms with Gasteiger partial charge in [-0.1, -0.05) is 31.5 Å². The number of rotatable bonds is 5. The van der Waals surface area contributed by atoms with Crippen LogP contribution in [-0.2, 0) is 6.42 Å². The molecule has 2 heteroatoms. The molecule has 18 heavy (non-hydrogen) atoms. The van der Waals surface area contributed by atoms with Crippen molar-refractivity contribution in [3.63, 3.8) is 0 Å². The number of aryl methyl sites for hydroxylation is 1. The average molecular weight is 241 g/mol. The monoisotopic (exact) mass is 241 g/mol. The van der Waals surface area contributed by atoms with Gasteiger partial charge in [-0.05, 0) is 48.7 Å². The molecule has 0 fully saturated rings. The van der Waals surface area contributed by atoms with Gasteiger partial charge in [0, 0.05) is 11.4 Å². The Morgan fingerprint density at radius 3 is 2.56 bits per heavy atom. The van der Waals surface area contributed by atoms with Gasteiger partial charge in [0.25, 0.3) is 0 Å². The van der Waals surface area contributed by atoms with Crippen LogP contribution in [0.2, 0.25) is 0 Å². The number of hydrogen-bond donors (Lipinski definition) is 2. The van der Waals surface area contributed by atoms with E-state index in [-0.39, 0.29) is 0 Å². The number of anilines is 2. The molecule has 94 valence electrons. The molecule has 0 radical (unpaired) electrons. The maximum Gasteiger partial charge on any atom is 0.116 e. The second-order valence-electron chi connectivity index (χ2n) is 4.44. The van der Waals surface area contributed by atoms with Crippen LogP contribution in [0.1, 0.15) is 25.3 Å². The topological polar surface area (TPSA) is 32.3 Å². The molecule has 2 N–H and O–H groups in total. The van der Waals surface area contributed by atoms with Gasteiger partial charge in [0.05, 0.1) is 0 Å². The fraction of sp³-hybridized carbons (Fsp3) is 0.250. The van der Waals surface area contributed by atoms with E-state index < -0.39 is 0 Å². The molecular formula is C16H19NO. The highest BCUT2D eigenvalue weighted by molar-refractivity contribution is 5.64. The Labute approximate surface area is 108 Å². The number of aromatic hydroxyl groups is 1. The second kappa shape index (κ2) is 6.10. The summed E-state index contributed by atoms with van der Waals surface area (Å²) in [5, 5.41) is 13.0. The van der Waals surface area contributed by atoms with Crippen LogP contribution in [0.3, 0.4) is 0 Å². The van der Waals surface area contributed by atoms with Crippen LogP contribution in [0.5, 0.6) is 5.75 Å². The molecule has 0 saturated heterocycles. The number of unbranched alkanes of at least 4 members (excludes halogenated alkanes) is 1. The summed E-state index contributed by atoms with van der Waals surface area (Å²) in [7, 11) is 0. The van der Waals surface area contributed by atoms with Crippen molar-refractivity contribution in [2.45, 2.75) is 26.2 Å². The normalized spacial score (nSPS) is 10.3. The fourth-order valence-electron chi connectivity index (χ4n) is 1.95. The summed E-state index contributed by atoms with van der Waals surface area (Å²) in [6, 6.07) is 15.6. The molecule has 0 amide bonds. The number of benzene rings is 2. The van der Waals surface area contributed by atoms with Crippen LogP contribution in [0.4, 0.5) is 11.4 Å². The average Bonchev–Trinajstić information content (AvgIpc) is 2.40. The van der Waals surface area contributed by atoms with E-state index in [1.165, 1.54) is 5.56 Å². The molecule has 0 spiro atoms. The molecule has 0 aromatic heterocycles. The van der Waals surface area contributed by atoms with E-state index in [4.69, 9.17) is 0 Å². The zero-order valence-corrected chi connectivity index (χ0v) is 10.7. The Morgan fingerprint density at radius 1 is 1.06 bits per heavy atom. The molecule has 0 bridgehead atoms. The molecule has 2 nitrogen and oxygen atoms in total. The van der Waals surface area contributed by atoms with Gasteiger partial charge in [0.15, 0.2) is 0 Å². The third-order valence-corrected chi connectivity index (χ3v) is 2.94. The van der Waals surface area contributed by atoms with Gasteiger partial charge in [-0.25, -0.2) is 0 Å². The predicted octanol–water partition coefficient (Wildman–Crippen LogP) is 4.48. The molecule has 0 heterocycles. The van der Waals surface area contributed by atoms with E-state index >= 15 is 0 Å². The maximum absolute atomic E-state index is 9.58. The van der Waals surface area contributed by atoms with Crippen LogP contribution in [0.25, 0.3) is 0 Å². The van der Waals surface area contributed by atoms with Gasteiger partial charge in [-0.3, -0.25) is 0 Å². The molecule has 2 aromatic carbocycles. The van der Waals surface area contributed by atoms with Crippen molar-refractivity contribution in [3.05, 3.63) is 54.1 Å². The van der Waals surface area contributed by atoms with Gasteiger partial charge in [-0.2, -0.15) is 0 Å². The van der Waals surface area contributed by atoms with E-state index in [1.807, 2.05) is 42.5 Å². The zero-order valence-electron chi connectivity index (χ0n) is 10.7. The SMILES string of the molecule is CCCCc1cc(O)ccc1Nc1ccccc1. The van der Waals surface area contributed by atoms with Gasteiger partial charge in [-0.15, -0.1) is 0 Å². The first-order chi connectivity index (χ1) is 8.79. The number of nitrogens with one attached hydrogen (secondary N) is 1. The quantitative estimate of drug-likeness (QED) is 0.756. The Morgan fingerprint density at radius 2 is 1.83 bits per heavy atom. The van der Waals surface area contributed by atoms with Gasteiger partial charge in [0.2, 0.25) is 0 Å². The van der Waals surface area contributed by atoms with Crippen LogP contribution >= 0.6 is 0 Å². The van der Waals surface area contributed by atoms with Gasteiger partial charge < -0.3 is 10.4 Å². The lowest BCUT2D eigenvalue weighted by Crippen LogP contribution is -1.96. The fourth-order valence-corrected chi connectivity index (χ4v) is 1.95. The van der Waals surface area contributed by atoms with Gasteiger partial charge >= 0.3 is 0 Å². The molecule has 0 aliphatic heterocycles. The third-order valence-electron chi connectivity index (χ3n) is 2.94. The first-order valence-corrected chi connectivity index (χ1v) is 6.43. The lowest BCUT2D eigenvalue weighted by atomic mass is 10.1. The number of phenolic OH excluding ortho intramolecular Hbond substituents is 1. The molecule has 0 aliphatic carbocycles. The van der Waals surface area contributed by atoms with Crippen molar-refractivity contribution in [1.82, 2.24) is 0 Å². The lowest BCUT2D eigenvalue weighted by molar-refractivity contribution is 0.474. The number of para-hydroxylation sites is 1. The highest BCUT2D eigenvalue weighted by Crippen LogP contribution is 2.26. The minimum absolute atomic E-state index is 0.333. The summed E-state index contributed by atoms with van der Waals surface area (Å²) in [5.74, 6) is 0.333. The molecule has 0 saturated carbocycles. The van der Waals surface area contributed by atoms with Crippen molar-refractivity contribution in [2.75, 3.05) is 5.32 Å². The van der Waals surface area contributed by atoms with E-state index in [2.05, 4.69) is 12.2 Å². The summed E-state index contributed by atoms with van der Waals surface area (Å²) in [6.07, 6.45) is 3.27. The highest BCUT2D eigenvalue weighted by Gasteiger charge is 2.04. The summed E-state index contributed by atoms with van der Waals surface area (Å²) >= 11 is 0. The number of hydrogen-bond acceptors (Lipinski definition) is 2. The second-order valence-corrected chi connectivity index (χ2v) is 4.44. The number of phenols is 1. The third kappa shape index (κ3) is 3.27. The first kappa shape index (κ1) is 12.5. The van der Waals surface area contributed by atoms with Crippen molar-refractivity contribution >= 4 is 11.4 Å². The molecule has 0 atom stereocenters. The Hall–Kier alpha value is -1.96. The highest BCUT2D eigenvalue weighted by atomic mass is 16.3. The lowest BCUT2D eigenvalue weighted by Gasteiger charge is -2.12. The molecule has 0 unspecified atom stereocenters. The van der Waals surface area contributed by atoms with Crippen LogP contribution < -0.4 is 5.32 Å². The summed E-state index contributed by atoms with van der Waals surface area (Å²) in [4.78, 5) is 0. The standard InChI is InChI=1S/C16H19NO/c1-2-3-7-13-12-15(18)10-11-16(13)17-14-8-5-4-6-9-14/h4-6,8-12,17-18H,2-3,7H2,1H3. The van der Waals surface area contributed by atoms with E-state index in [9.17, 15) is 5.11 Å². The van der Waals surface area contributed by atoms with Crippen molar-refractivity contribution < 1.29 is 5.11 Å². The summed E-state index contributed by atoms with van der Waals surface area (Å²) in [6.45, 7) is 2.17. The molecule has 0 aliphatic rings.